The van der Waals surface area contributed by atoms with Crippen molar-refractivity contribution in [3.05, 3.63) is 41.2 Å². The fraction of sp³-hybridized carbons (Fsp3) is 0.385. The van der Waals surface area contributed by atoms with Crippen LogP contribution in [0.1, 0.15) is 29.8 Å². The van der Waals surface area contributed by atoms with Crippen LogP contribution in [0, 0.1) is 6.92 Å². The molecule has 0 bridgehead atoms. The number of nitrogens with zero attached hydrogens (tertiary/aromatic N) is 3. The lowest BCUT2D eigenvalue weighted by Crippen LogP contribution is -2.08. The van der Waals surface area contributed by atoms with Gasteiger partial charge in [0, 0.05) is 18.7 Å². The largest absolute Gasteiger partial charge is 0.487 e. The topological polar surface area (TPSA) is 66.0 Å². The van der Waals surface area contributed by atoms with Crippen LogP contribution in [-0.4, -0.2) is 15.0 Å². The van der Waals surface area contributed by atoms with Gasteiger partial charge in [0.05, 0.1) is 6.20 Å². The van der Waals surface area contributed by atoms with Gasteiger partial charge in [-0.15, -0.1) is 5.10 Å². The Labute approximate surface area is 107 Å². The van der Waals surface area contributed by atoms with Crippen LogP contribution in [0.4, 0.5) is 0 Å². The Morgan fingerprint density at radius 2 is 2.22 bits per heavy atom. The van der Waals surface area contributed by atoms with E-state index in [1.165, 1.54) is 0 Å². The van der Waals surface area contributed by atoms with Gasteiger partial charge in [0.25, 0.3) is 0 Å². The molecular formula is C13H18N4O. The van der Waals surface area contributed by atoms with Crippen molar-refractivity contribution in [1.82, 2.24) is 15.0 Å². The molecule has 5 heteroatoms. The minimum Gasteiger partial charge on any atom is -0.487 e. The van der Waals surface area contributed by atoms with E-state index in [1.807, 2.05) is 45.3 Å². The van der Waals surface area contributed by atoms with Crippen molar-refractivity contribution < 1.29 is 4.74 Å². The lowest BCUT2D eigenvalue weighted by atomic mass is 10.1. The van der Waals surface area contributed by atoms with Crippen LogP contribution in [-0.2, 0) is 13.7 Å². The van der Waals surface area contributed by atoms with Crippen LogP contribution >= 0.6 is 0 Å². The van der Waals surface area contributed by atoms with Crippen LogP contribution in [0.15, 0.2) is 24.4 Å². The number of hydrogen-bond acceptors (Lipinski definition) is 4. The maximum atomic E-state index is 5.93. The predicted molar refractivity (Wildman–Crippen MR) is 69.1 cm³/mol. The van der Waals surface area contributed by atoms with Gasteiger partial charge in [-0.05, 0) is 25.5 Å². The molecule has 0 saturated carbocycles. The Morgan fingerprint density at radius 1 is 1.44 bits per heavy atom. The van der Waals surface area contributed by atoms with Crippen molar-refractivity contribution in [2.24, 2.45) is 12.8 Å². The molecule has 0 fully saturated rings. The Balaban J connectivity index is 2.15. The summed E-state index contributed by atoms with van der Waals surface area (Å²) in [6.45, 7) is 4.37. The van der Waals surface area contributed by atoms with Crippen molar-refractivity contribution in [1.29, 1.82) is 0 Å². The molecule has 1 aromatic carbocycles. The highest BCUT2D eigenvalue weighted by atomic mass is 16.5. The summed E-state index contributed by atoms with van der Waals surface area (Å²) in [5.41, 5.74) is 8.88. The second-order valence-corrected chi connectivity index (χ2v) is 4.50. The average Bonchev–Trinajstić information content (AvgIpc) is 2.72. The summed E-state index contributed by atoms with van der Waals surface area (Å²) >= 11 is 0. The minimum absolute atomic E-state index is 0.0533. The van der Waals surface area contributed by atoms with E-state index in [0.717, 1.165) is 22.6 Å². The molecule has 0 aliphatic carbocycles. The highest BCUT2D eigenvalue weighted by molar-refractivity contribution is 5.38. The second kappa shape index (κ2) is 5.18. The second-order valence-electron chi connectivity index (χ2n) is 4.50. The first-order valence-corrected chi connectivity index (χ1v) is 5.90. The molecule has 1 heterocycles. The van der Waals surface area contributed by atoms with Crippen LogP contribution < -0.4 is 10.5 Å². The quantitative estimate of drug-likeness (QED) is 0.892. The van der Waals surface area contributed by atoms with E-state index in [0.29, 0.717) is 6.61 Å². The van der Waals surface area contributed by atoms with Crippen LogP contribution in [0.3, 0.4) is 0 Å². The maximum Gasteiger partial charge on any atom is 0.134 e. The summed E-state index contributed by atoms with van der Waals surface area (Å²) in [5, 5.41) is 7.85. The molecule has 0 radical (unpaired) electrons. The fourth-order valence-corrected chi connectivity index (χ4v) is 1.76. The molecule has 0 spiro atoms. The Hall–Kier alpha value is -1.88. The molecule has 1 atom stereocenters. The first-order chi connectivity index (χ1) is 8.56. The van der Waals surface area contributed by atoms with Gasteiger partial charge >= 0.3 is 0 Å². The van der Waals surface area contributed by atoms with Gasteiger partial charge in [-0.2, -0.15) is 0 Å². The van der Waals surface area contributed by atoms with E-state index in [4.69, 9.17) is 10.5 Å². The molecule has 0 saturated heterocycles. The molecule has 0 aliphatic heterocycles. The van der Waals surface area contributed by atoms with Crippen LogP contribution in [0.25, 0.3) is 0 Å². The SMILES string of the molecule is Cc1ccc([C@@H](C)N)c(OCc2cn(C)nn2)c1. The normalized spacial score (nSPS) is 12.4. The van der Waals surface area contributed by atoms with Crippen molar-refractivity contribution >= 4 is 0 Å². The number of hydrogen-bond donors (Lipinski definition) is 1. The van der Waals surface area contributed by atoms with E-state index in [9.17, 15) is 0 Å². The van der Waals surface area contributed by atoms with Crippen molar-refractivity contribution in [2.75, 3.05) is 0 Å². The lowest BCUT2D eigenvalue weighted by molar-refractivity contribution is 0.296. The zero-order valence-electron chi connectivity index (χ0n) is 10.9. The highest BCUT2D eigenvalue weighted by Gasteiger charge is 2.09. The third-order valence-corrected chi connectivity index (χ3v) is 2.69. The summed E-state index contributed by atoms with van der Waals surface area (Å²) < 4.78 is 7.44. The van der Waals surface area contributed by atoms with Gasteiger partial charge in [-0.3, -0.25) is 4.68 Å². The van der Waals surface area contributed by atoms with Crippen molar-refractivity contribution in [3.63, 3.8) is 0 Å². The van der Waals surface area contributed by atoms with Gasteiger partial charge in [-0.1, -0.05) is 17.3 Å². The summed E-state index contributed by atoms with van der Waals surface area (Å²) in [5.74, 6) is 0.815. The monoisotopic (exact) mass is 246 g/mol. The van der Waals surface area contributed by atoms with Gasteiger partial charge in [0.1, 0.15) is 18.1 Å². The zero-order chi connectivity index (χ0) is 13.1. The molecule has 5 nitrogen and oxygen atoms in total. The van der Waals surface area contributed by atoms with Crippen LogP contribution in [0.5, 0.6) is 5.75 Å². The van der Waals surface area contributed by atoms with E-state index < -0.39 is 0 Å². The predicted octanol–water partition coefficient (Wildman–Crippen LogP) is 1.72. The Kier molecular flexibility index (Phi) is 3.62. The molecule has 1 aromatic heterocycles. The highest BCUT2D eigenvalue weighted by Crippen LogP contribution is 2.25. The number of rotatable bonds is 4. The molecule has 0 amide bonds. The third kappa shape index (κ3) is 2.87. The first kappa shape index (κ1) is 12.6. The average molecular weight is 246 g/mol. The van der Waals surface area contributed by atoms with Gasteiger partial charge < -0.3 is 10.5 Å². The number of ether oxygens (including phenoxy) is 1. The van der Waals surface area contributed by atoms with E-state index >= 15 is 0 Å². The number of aryl methyl sites for hydroxylation is 2. The molecule has 0 aliphatic rings. The minimum atomic E-state index is -0.0533. The molecule has 2 rings (SSSR count). The fourth-order valence-electron chi connectivity index (χ4n) is 1.76. The van der Waals surface area contributed by atoms with Gasteiger partial charge in [0.2, 0.25) is 0 Å². The number of nitrogens with two attached hydrogens (primary N) is 1. The maximum absolute atomic E-state index is 5.93. The van der Waals surface area contributed by atoms with E-state index in [1.54, 1.807) is 4.68 Å². The zero-order valence-corrected chi connectivity index (χ0v) is 10.9. The van der Waals surface area contributed by atoms with Crippen LogP contribution in [0.2, 0.25) is 0 Å². The lowest BCUT2D eigenvalue weighted by Gasteiger charge is -2.14. The van der Waals surface area contributed by atoms with Gasteiger partial charge in [-0.25, -0.2) is 0 Å². The first-order valence-electron chi connectivity index (χ1n) is 5.90. The van der Waals surface area contributed by atoms with E-state index in [-0.39, 0.29) is 6.04 Å². The molecule has 2 aromatic rings. The summed E-state index contributed by atoms with van der Waals surface area (Å²) in [6.07, 6.45) is 1.83. The van der Waals surface area contributed by atoms with Gasteiger partial charge in [0.15, 0.2) is 0 Å². The van der Waals surface area contributed by atoms with Crippen molar-refractivity contribution in [2.45, 2.75) is 26.5 Å². The molecule has 96 valence electrons. The Bertz CT molecular complexity index is 534. The number of aromatic nitrogens is 3. The number of benzene rings is 1. The smallest absolute Gasteiger partial charge is 0.134 e. The molecule has 0 unspecified atom stereocenters. The standard InChI is InChI=1S/C13H18N4O/c1-9-4-5-12(10(2)14)13(6-9)18-8-11-7-17(3)16-15-11/h4-7,10H,8,14H2,1-3H3/t10-/m1/s1. The van der Waals surface area contributed by atoms with Crippen molar-refractivity contribution in [3.8, 4) is 5.75 Å². The van der Waals surface area contributed by atoms with E-state index in [2.05, 4.69) is 10.3 Å². The molecule has 18 heavy (non-hydrogen) atoms. The summed E-state index contributed by atoms with van der Waals surface area (Å²) in [4.78, 5) is 0. The summed E-state index contributed by atoms with van der Waals surface area (Å²) in [7, 11) is 1.83. The Morgan fingerprint density at radius 3 is 2.83 bits per heavy atom. The third-order valence-electron chi connectivity index (χ3n) is 2.69. The molecular weight excluding hydrogens is 228 g/mol. The summed E-state index contributed by atoms with van der Waals surface area (Å²) in [6, 6.07) is 5.98. The molecule has 2 N–H and O–H groups in total.